The monoisotopic (exact) mass is 389 g/mol. The highest BCUT2D eigenvalue weighted by atomic mass is 35.5. The summed E-state index contributed by atoms with van der Waals surface area (Å²) in [7, 11) is -3.77. The first-order valence-corrected chi connectivity index (χ1v) is 9.88. The first-order chi connectivity index (χ1) is 11.8. The number of rotatable bonds is 4. The molecule has 0 bridgehead atoms. The molecule has 2 aliphatic heterocycles. The van der Waals surface area contributed by atoms with Gasteiger partial charge in [0, 0.05) is 31.0 Å². The average molecular weight is 390 g/mol. The van der Waals surface area contributed by atoms with E-state index in [9.17, 15) is 13.2 Å². The van der Waals surface area contributed by atoms with Crippen molar-refractivity contribution in [3.05, 3.63) is 22.7 Å². The third kappa shape index (κ3) is 3.43. The van der Waals surface area contributed by atoms with Crippen molar-refractivity contribution in [3.63, 3.8) is 0 Å². The van der Waals surface area contributed by atoms with Crippen molar-refractivity contribution >= 4 is 27.8 Å². The van der Waals surface area contributed by atoms with Crippen molar-refractivity contribution < 1.29 is 27.4 Å². The molecule has 0 unspecified atom stereocenters. The molecule has 7 nitrogen and oxygen atoms in total. The van der Waals surface area contributed by atoms with Crippen molar-refractivity contribution in [2.24, 2.45) is 0 Å². The Morgan fingerprint density at radius 2 is 2.00 bits per heavy atom. The maximum atomic E-state index is 13.1. The van der Waals surface area contributed by atoms with Crippen LogP contribution >= 0.6 is 11.6 Å². The number of nitrogens with zero attached hydrogens (tertiary/aromatic N) is 1. The van der Waals surface area contributed by atoms with Gasteiger partial charge < -0.3 is 14.2 Å². The number of carbonyl (C=O) groups excluding carboxylic acids is 1. The van der Waals surface area contributed by atoms with Crippen molar-refractivity contribution in [2.75, 3.05) is 26.3 Å². The predicted molar refractivity (Wildman–Crippen MR) is 90.5 cm³/mol. The minimum Gasteiger partial charge on any atom is -0.492 e. The van der Waals surface area contributed by atoms with E-state index in [1.807, 2.05) is 0 Å². The molecule has 9 heteroatoms. The van der Waals surface area contributed by atoms with Crippen LogP contribution in [0, 0.1) is 6.92 Å². The van der Waals surface area contributed by atoms with Gasteiger partial charge in [-0.3, -0.25) is 0 Å². The van der Waals surface area contributed by atoms with Gasteiger partial charge in [-0.05, 0) is 31.5 Å². The minimum atomic E-state index is -3.77. The number of carbonyl (C=O) groups is 1. The maximum Gasteiger partial charge on any atom is 0.509 e. The Morgan fingerprint density at radius 1 is 1.32 bits per heavy atom. The largest absolute Gasteiger partial charge is 0.509 e. The Hall–Kier alpha value is -1.51. The van der Waals surface area contributed by atoms with Crippen LogP contribution < -0.4 is 4.74 Å². The quantitative estimate of drug-likeness (QED) is 0.736. The second-order valence-electron chi connectivity index (χ2n) is 6.21. The second kappa shape index (κ2) is 6.66. The number of hydrogen-bond donors (Lipinski definition) is 0. The van der Waals surface area contributed by atoms with E-state index in [0.717, 1.165) is 5.56 Å². The highest BCUT2D eigenvalue weighted by Gasteiger charge is 2.47. The predicted octanol–water partition coefficient (Wildman–Crippen LogP) is 2.74. The van der Waals surface area contributed by atoms with Gasteiger partial charge in [0.1, 0.15) is 17.3 Å². The van der Waals surface area contributed by atoms with Gasteiger partial charge >= 0.3 is 6.16 Å². The molecular weight excluding hydrogens is 370 g/mol. The number of piperidine rings is 1. The van der Waals surface area contributed by atoms with Crippen LogP contribution in [0.2, 0.25) is 5.02 Å². The standard InChI is InChI=1S/C16H20ClNO6S/c1-3-22-13-8-11(2)12(17)9-14(13)25(20,21)18-6-4-16(5-7-18)10-23-15(19)24-16/h8-9H,3-7,10H2,1-2H3. The topological polar surface area (TPSA) is 82.1 Å². The zero-order chi connectivity index (χ0) is 18.2. The molecule has 25 heavy (non-hydrogen) atoms. The van der Waals surface area contributed by atoms with Gasteiger partial charge in [-0.15, -0.1) is 0 Å². The normalized spacial score (nSPS) is 20.4. The molecule has 1 aromatic rings. The maximum absolute atomic E-state index is 13.1. The Balaban J connectivity index is 1.85. The lowest BCUT2D eigenvalue weighted by molar-refractivity contribution is 0.0170. The number of ether oxygens (including phenoxy) is 3. The van der Waals surface area contributed by atoms with E-state index >= 15 is 0 Å². The zero-order valence-corrected chi connectivity index (χ0v) is 15.7. The smallest absolute Gasteiger partial charge is 0.492 e. The molecule has 1 aromatic carbocycles. The lowest BCUT2D eigenvalue weighted by Gasteiger charge is -2.35. The van der Waals surface area contributed by atoms with E-state index in [0.29, 0.717) is 30.2 Å². The van der Waals surface area contributed by atoms with Crippen molar-refractivity contribution in [2.45, 2.75) is 37.2 Å². The minimum absolute atomic E-state index is 0.0561. The fourth-order valence-corrected chi connectivity index (χ4v) is 4.86. The molecule has 0 amide bonds. The Morgan fingerprint density at radius 3 is 2.56 bits per heavy atom. The average Bonchev–Trinajstić information content (AvgIpc) is 2.91. The molecule has 2 saturated heterocycles. The summed E-state index contributed by atoms with van der Waals surface area (Å²) in [6, 6.07) is 3.07. The van der Waals surface area contributed by atoms with Crippen LogP contribution in [0.3, 0.4) is 0 Å². The van der Waals surface area contributed by atoms with Crippen LogP contribution in [0.5, 0.6) is 5.75 Å². The summed E-state index contributed by atoms with van der Waals surface area (Å²) in [4.78, 5) is 11.3. The van der Waals surface area contributed by atoms with Crippen LogP contribution in [0.4, 0.5) is 4.79 Å². The molecule has 0 radical (unpaired) electrons. The number of hydrogen-bond acceptors (Lipinski definition) is 6. The molecule has 2 heterocycles. The SMILES string of the molecule is CCOc1cc(C)c(Cl)cc1S(=O)(=O)N1CCC2(CC1)COC(=O)O2. The van der Waals surface area contributed by atoms with Crippen molar-refractivity contribution in [1.82, 2.24) is 4.31 Å². The van der Waals surface area contributed by atoms with Crippen LogP contribution in [0.25, 0.3) is 0 Å². The van der Waals surface area contributed by atoms with Gasteiger partial charge in [-0.2, -0.15) is 4.31 Å². The molecule has 0 N–H and O–H groups in total. The number of aryl methyl sites for hydroxylation is 1. The molecule has 1 spiro atoms. The molecule has 2 fully saturated rings. The van der Waals surface area contributed by atoms with E-state index in [4.69, 9.17) is 25.8 Å². The number of benzene rings is 1. The summed E-state index contributed by atoms with van der Waals surface area (Å²) in [5.74, 6) is 0.292. The third-order valence-electron chi connectivity index (χ3n) is 4.53. The number of halogens is 1. The lowest BCUT2D eigenvalue weighted by Crippen LogP contribution is -2.48. The van der Waals surface area contributed by atoms with Gasteiger partial charge in [0.05, 0.1) is 6.61 Å². The van der Waals surface area contributed by atoms with E-state index < -0.39 is 21.8 Å². The Bertz CT molecular complexity index is 786. The molecular formula is C16H20ClNO6S. The first kappa shape index (κ1) is 18.3. The molecule has 0 aliphatic carbocycles. The molecule has 2 aliphatic rings. The van der Waals surface area contributed by atoms with E-state index in [-0.39, 0.29) is 24.6 Å². The Labute approximate surface area is 151 Å². The summed E-state index contributed by atoms with van der Waals surface area (Å²) in [6.07, 6.45) is 0.0866. The second-order valence-corrected chi connectivity index (χ2v) is 8.52. The zero-order valence-electron chi connectivity index (χ0n) is 14.1. The van der Waals surface area contributed by atoms with E-state index in [2.05, 4.69) is 0 Å². The molecule has 3 rings (SSSR count). The van der Waals surface area contributed by atoms with Gasteiger partial charge in [0.15, 0.2) is 5.60 Å². The van der Waals surface area contributed by atoms with Gasteiger partial charge in [-0.1, -0.05) is 11.6 Å². The summed E-state index contributed by atoms with van der Waals surface area (Å²) in [5.41, 5.74) is 0.0354. The summed E-state index contributed by atoms with van der Waals surface area (Å²) >= 11 is 6.13. The first-order valence-electron chi connectivity index (χ1n) is 8.06. The van der Waals surface area contributed by atoms with Gasteiger partial charge in [-0.25, -0.2) is 13.2 Å². The summed E-state index contributed by atoms with van der Waals surface area (Å²) < 4.78 is 43.1. The number of cyclic esters (lactones) is 1. The summed E-state index contributed by atoms with van der Waals surface area (Å²) in [5, 5.41) is 0.369. The summed E-state index contributed by atoms with van der Waals surface area (Å²) in [6.45, 7) is 4.56. The van der Waals surface area contributed by atoms with Gasteiger partial charge in [0.25, 0.3) is 0 Å². The third-order valence-corrected chi connectivity index (χ3v) is 6.86. The van der Waals surface area contributed by atoms with Crippen LogP contribution in [-0.4, -0.2) is 50.8 Å². The van der Waals surface area contributed by atoms with Crippen LogP contribution in [0.15, 0.2) is 17.0 Å². The van der Waals surface area contributed by atoms with E-state index in [1.165, 1.54) is 10.4 Å². The fourth-order valence-electron chi connectivity index (χ4n) is 3.05. The van der Waals surface area contributed by atoms with E-state index in [1.54, 1.807) is 19.9 Å². The molecule has 0 aromatic heterocycles. The lowest BCUT2D eigenvalue weighted by atomic mass is 9.94. The molecule has 0 atom stereocenters. The fraction of sp³-hybridized carbons (Fsp3) is 0.562. The van der Waals surface area contributed by atoms with Crippen molar-refractivity contribution in [1.29, 1.82) is 0 Å². The number of sulfonamides is 1. The van der Waals surface area contributed by atoms with Crippen molar-refractivity contribution in [3.8, 4) is 5.75 Å². The van der Waals surface area contributed by atoms with Gasteiger partial charge in [0.2, 0.25) is 10.0 Å². The Kier molecular flexibility index (Phi) is 4.87. The highest BCUT2D eigenvalue weighted by molar-refractivity contribution is 7.89. The highest BCUT2D eigenvalue weighted by Crippen LogP contribution is 2.37. The van der Waals surface area contributed by atoms with Crippen LogP contribution in [-0.2, 0) is 19.5 Å². The molecule has 0 saturated carbocycles. The van der Waals surface area contributed by atoms with Crippen LogP contribution in [0.1, 0.15) is 25.3 Å². The molecule has 138 valence electrons.